The van der Waals surface area contributed by atoms with Crippen molar-refractivity contribution < 1.29 is 28.5 Å². The third kappa shape index (κ3) is 10.6. The Morgan fingerprint density at radius 3 is 2.03 bits per heavy atom. The van der Waals surface area contributed by atoms with E-state index in [1.165, 1.54) is 6.92 Å². The van der Waals surface area contributed by atoms with Crippen LogP contribution in [0.1, 0.15) is 43.6 Å². The molecule has 0 unspecified atom stereocenters. The first-order valence-corrected chi connectivity index (χ1v) is 15.6. The predicted molar refractivity (Wildman–Crippen MR) is 139 cm³/mol. The Balaban J connectivity index is 2.06. The van der Waals surface area contributed by atoms with E-state index < -0.39 is 32.2 Å². The number of ether oxygens (including phenoxy) is 4. The van der Waals surface area contributed by atoms with Gasteiger partial charge in [0.2, 0.25) is 6.10 Å². The highest BCUT2D eigenvalue weighted by atomic mass is 28.3. The van der Waals surface area contributed by atoms with Gasteiger partial charge in [-0.25, -0.2) is 4.79 Å². The van der Waals surface area contributed by atoms with E-state index in [1.807, 2.05) is 43.3 Å². The van der Waals surface area contributed by atoms with E-state index in [-0.39, 0.29) is 12.9 Å². The first kappa shape index (κ1) is 28.5. The lowest BCUT2D eigenvalue weighted by Crippen LogP contribution is -2.24. The minimum Gasteiger partial charge on any atom is -0.454 e. The summed E-state index contributed by atoms with van der Waals surface area (Å²) in [5, 5.41) is 0. The third-order valence-corrected chi connectivity index (χ3v) is 7.15. The van der Waals surface area contributed by atoms with E-state index in [0.717, 1.165) is 17.2 Å². The van der Waals surface area contributed by atoms with Crippen LogP contribution in [0.2, 0.25) is 25.7 Å². The fourth-order valence-electron chi connectivity index (χ4n) is 3.25. The van der Waals surface area contributed by atoms with Crippen LogP contribution in [0.15, 0.2) is 72.8 Å². The van der Waals surface area contributed by atoms with Crippen molar-refractivity contribution in [2.45, 2.75) is 64.3 Å². The molecule has 3 atom stereocenters. The van der Waals surface area contributed by atoms with Crippen molar-refractivity contribution in [2.24, 2.45) is 0 Å². The van der Waals surface area contributed by atoms with Gasteiger partial charge in [-0.05, 0) is 24.1 Å². The number of hydrogen-bond donors (Lipinski definition) is 0. The van der Waals surface area contributed by atoms with Crippen molar-refractivity contribution in [1.29, 1.82) is 0 Å². The van der Waals surface area contributed by atoms with Crippen LogP contribution >= 0.6 is 0 Å². The molecule has 0 heterocycles. The maximum atomic E-state index is 13.2. The molecule has 0 bridgehead atoms. The molecule has 0 fully saturated rings. The van der Waals surface area contributed by atoms with Crippen LogP contribution in [0.25, 0.3) is 0 Å². The minimum atomic E-state index is -1.15. The van der Waals surface area contributed by atoms with Crippen LogP contribution in [0.3, 0.4) is 0 Å². The molecule has 0 aromatic heterocycles. The van der Waals surface area contributed by atoms with E-state index in [9.17, 15) is 9.59 Å². The predicted octanol–water partition coefficient (Wildman–Crippen LogP) is 6.24. The van der Waals surface area contributed by atoms with Crippen molar-refractivity contribution in [3.63, 3.8) is 0 Å². The molecular weight excluding hydrogens is 460 g/mol. The number of carbonyl (C=O) groups excluding carboxylic acids is 2. The summed E-state index contributed by atoms with van der Waals surface area (Å²) in [6.45, 7) is 15.1. The zero-order valence-corrected chi connectivity index (χ0v) is 22.5. The monoisotopic (exact) mass is 498 g/mol. The molecule has 0 N–H and O–H groups in total. The van der Waals surface area contributed by atoms with Crippen molar-refractivity contribution in [2.75, 3.05) is 13.4 Å². The molecule has 2 aromatic rings. The van der Waals surface area contributed by atoms with Gasteiger partial charge in [-0.1, -0.05) is 86.9 Å². The zero-order chi connectivity index (χ0) is 25.8. The number of benzene rings is 2. The van der Waals surface area contributed by atoms with Crippen LogP contribution in [-0.2, 0) is 28.5 Å². The van der Waals surface area contributed by atoms with E-state index in [0.29, 0.717) is 18.6 Å². The van der Waals surface area contributed by atoms with Gasteiger partial charge < -0.3 is 18.9 Å². The first-order valence-electron chi connectivity index (χ1n) is 11.9. The average Bonchev–Trinajstić information content (AvgIpc) is 2.81. The second kappa shape index (κ2) is 14.0. The second-order valence-electron chi connectivity index (χ2n) is 9.74. The number of hydrogen-bond acceptors (Lipinski definition) is 6. The van der Waals surface area contributed by atoms with Crippen LogP contribution in [0.5, 0.6) is 0 Å². The molecule has 0 saturated heterocycles. The molecule has 6 nitrogen and oxygen atoms in total. The Bertz CT molecular complexity index is 939. The van der Waals surface area contributed by atoms with E-state index >= 15 is 0 Å². The molecule has 0 aliphatic heterocycles. The highest BCUT2D eigenvalue weighted by Crippen LogP contribution is 2.30. The molecule has 2 rings (SSSR count). The molecule has 2 aromatic carbocycles. The van der Waals surface area contributed by atoms with Gasteiger partial charge in [-0.3, -0.25) is 4.79 Å². The summed E-state index contributed by atoms with van der Waals surface area (Å²) in [6.07, 6.45) is -1.70. The molecule has 190 valence electrons. The van der Waals surface area contributed by atoms with Crippen molar-refractivity contribution >= 4 is 20.0 Å². The van der Waals surface area contributed by atoms with Gasteiger partial charge in [0.1, 0.15) is 12.9 Å². The van der Waals surface area contributed by atoms with Gasteiger partial charge >= 0.3 is 11.9 Å². The van der Waals surface area contributed by atoms with Gasteiger partial charge in [0, 0.05) is 33.6 Å². The van der Waals surface area contributed by atoms with Crippen LogP contribution in [-0.4, -0.2) is 39.5 Å². The summed E-state index contributed by atoms with van der Waals surface area (Å²) in [5.74, 6) is -1.20. The lowest BCUT2D eigenvalue weighted by atomic mass is 9.99. The Morgan fingerprint density at radius 2 is 1.49 bits per heavy atom. The van der Waals surface area contributed by atoms with Gasteiger partial charge in [0.25, 0.3) is 0 Å². The highest BCUT2D eigenvalue weighted by Gasteiger charge is 2.29. The summed E-state index contributed by atoms with van der Waals surface area (Å²) in [5.41, 5.74) is 2.13. The Morgan fingerprint density at radius 1 is 0.914 bits per heavy atom. The van der Waals surface area contributed by atoms with E-state index in [4.69, 9.17) is 18.9 Å². The molecule has 7 heteroatoms. The topological polar surface area (TPSA) is 71.1 Å². The van der Waals surface area contributed by atoms with Crippen molar-refractivity contribution in [3.8, 4) is 0 Å². The molecular formula is C28H38O6Si. The quantitative estimate of drug-likeness (QED) is 0.101. The molecule has 0 aliphatic rings. The summed E-state index contributed by atoms with van der Waals surface area (Å²) in [7, 11) is -1.15. The van der Waals surface area contributed by atoms with Gasteiger partial charge in [-0.15, -0.1) is 0 Å². The average molecular weight is 499 g/mol. The molecule has 0 amide bonds. The molecule has 0 saturated carbocycles. The number of carbonyl (C=O) groups is 2. The van der Waals surface area contributed by atoms with Crippen LogP contribution < -0.4 is 0 Å². The largest absolute Gasteiger partial charge is 0.454 e. The summed E-state index contributed by atoms with van der Waals surface area (Å²) in [6, 6.07) is 19.3. The van der Waals surface area contributed by atoms with Crippen LogP contribution in [0.4, 0.5) is 0 Å². The van der Waals surface area contributed by atoms with Crippen molar-refractivity contribution in [3.05, 3.63) is 83.9 Å². The fourth-order valence-corrected chi connectivity index (χ4v) is 4.01. The Hall–Kier alpha value is -2.74. The Labute approximate surface area is 210 Å². The Kier molecular flexibility index (Phi) is 11.4. The van der Waals surface area contributed by atoms with Crippen LogP contribution in [0, 0.1) is 0 Å². The summed E-state index contributed by atoms with van der Waals surface area (Å²) < 4.78 is 22.7. The normalized spacial score (nSPS) is 14.0. The molecule has 0 aliphatic carbocycles. The lowest BCUT2D eigenvalue weighted by molar-refractivity contribution is -0.171. The summed E-state index contributed by atoms with van der Waals surface area (Å²) in [4.78, 5) is 24.8. The molecule has 35 heavy (non-hydrogen) atoms. The molecule has 0 radical (unpaired) electrons. The van der Waals surface area contributed by atoms with Gasteiger partial charge in [-0.2, -0.15) is 0 Å². The SMILES string of the molecule is C=C(C[C@@H](OC(=O)[C@H](OC(C)=O)c1ccccc1)c1ccccc1)[C@@H](C)OCOCC[Si](C)(C)C. The second-order valence-corrected chi connectivity index (χ2v) is 15.4. The standard InChI is InChI=1S/C28H38O6Si/c1-21(22(2)32-20-31-17-18-35(4,5)6)19-26(24-13-9-7-10-14-24)34-28(30)27(33-23(3)29)25-15-11-8-12-16-25/h7-16,22,26-27H,1,17-20H2,2-6H3/t22-,26-,27-/m1/s1. The zero-order valence-electron chi connectivity index (χ0n) is 21.5. The van der Waals surface area contributed by atoms with Gasteiger partial charge in [0.05, 0.1) is 6.10 Å². The maximum absolute atomic E-state index is 13.2. The smallest absolute Gasteiger partial charge is 0.352 e. The molecule has 0 spiro atoms. The number of esters is 2. The lowest BCUT2D eigenvalue weighted by Gasteiger charge is -2.25. The van der Waals surface area contributed by atoms with E-state index in [2.05, 4.69) is 26.2 Å². The van der Waals surface area contributed by atoms with Gasteiger partial charge in [0.15, 0.2) is 0 Å². The third-order valence-electron chi connectivity index (χ3n) is 5.45. The first-order chi connectivity index (χ1) is 16.6. The van der Waals surface area contributed by atoms with Crippen molar-refractivity contribution in [1.82, 2.24) is 0 Å². The van der Waals surface area contributed by atoms with E-state index in [1.54, 1.807) is 24.3 Å². The fraction of sp³-hybridized carbons (Fsp3) is 0.429. The highest BCUT2D eigenvalue weighted by molar-refractivity contribution is 6.76. The number of rotatable bonds is 14. The summed E-state index contributed by atoms with van der Waals surface area (Å²) >= 11 is 0. The minimum absolute atomic E-state index is 0.184. The maximum Gasteiger partial charge on any atom is 0.352 e.